The molecule has 0 unspecified atom stereocenters. The number of nitrogens with zero attached hydrogens (tertiary/aromatic N) is 3. The van der Waals surface area contributed by atoms with E-state index in [1.165, 1.54) is 0 Å². The first-order valence-corrected chi connectivity index (χ1v) is 6.47. The van der Waals surface area contributed by atoms with E-state index < -0.39 is 0 Å². The van der Waals surface area contributed by atoms with Gasteiger partial charge in [-0.15, -0.1) is 0 Å². The molecule has 0 aliphatic rings. The second-order valence-corrected chi connectivity index (χ2v) is 4.44. The average molecular weight is 278 g/mol. The molecule has 0 fully saturated rings. The highest BCUT2D eigenvalue weighted by atomic mass is 16.5. The molecule has 104 valence electrons. The van der Waals surface area contributed by atoms with Crippen LogP contribution >= 0.6 is 0 Å². The van der Waals surface area contributed by atoms with Gasteiger partial charge in [-0.05, 0) is 12.1 Å². The summed E-state index contributed by atoms with van der Waals surface area (Å²) in [5.74, 6) is 2.02. The van der Waals surface area contributed by atoms with E-state index in [1.807, 2.05) is 54.6 Å². The van der Waals surface area contributed by atoms with E-state index in [4.69, 9.17) is 10.5 Å². The third-order valence-corrected chi connectivity index (χ3v) is 3.01. The van der Waals surface area contributed by atoms with Crippen LogP contribution in [-0.4, -0.2) is 22.1 Å². The zero-order valence-electron chi connectivity index (χ0n) is 11.5. The van der Waals surface area contributed by atoms with Crippen molar-refractivity contribution in [3.63, 3.8) is 0 Å². The Labute approximate surface area is 122 Å². The van der Waals surface area contributed by atoms with E-state index in [1.54, 1.807) is 7.11 Å². The summed E-state index contributed by atoms with van der Waals surface area (Å²) < 4.78 is 5.22. The van der Waals surface area contributed by atoms with Gasteiger partial charge in [-0.3, -0.25) is 0 Å². The highest BCUT2D eigenvalue weighted by Gasteiger charge is 2.09. The first kappa shape index (κ1) is 13.1. The number of anilines is 1. The third kappa shape index (κ3) is 2.81. The van der Waals surface area contributed by atoms with Crippen LogP contribution in [0.4, 0.5) is 5.95 Å². The van der Waals surface area contributed by atoms with Crippen molar-refractivity contribution in [2.75, 3.05) is 12.8 Å². The molecule has 0 aliphatic heterocycles. The van der Waals surface area contributed by atoms with Crippen LogP contribution < -0.4 is 10.5 Å². The van der Waals surface area contributed by atoms with Crippen molar-refractivity contribution in [2.45, 2.75) is 0 Å². The van der Waals surface area contributed by atoms with Crippen LogP contribution in [0.15, 0.2) is 54.6 Å². The van der Waals surface area contributed by atoms with Gasteiger partial charge in [-0.2, -0.15) is 9.97 Å². The number of nitrogen functional groups attached to an aromatic ring is 1. The maximum Gasteiger partial charge on any atom is 0.224 e. The first-order chi connectivity index (χ1) is 10.3. The quantitative estimate of drug-likeness (QED) is 0.797. The lowest BCUT2D eigenvalue weighted by atomic mass is 10.2. The van der Waals surface area contributed by atoms with Crippen LogP contribution in [0.3, 0.4) is 0 Å². The normalized spacial score (nSPS) is 10.3. The topological polar surface area (TPSA) is 73.9 Å². The fraction of sp³-hybridized carbons (Fsp3) is 0.0625. The Kier molecular flexibility index (Phi) is 3.47. The summed E-state index contributed by atoms with van der Waals surface area (Å²) in [4.78, 5) is 12.9. The van der Waals surface area contributed by atoms with Gasteiger partial charge in [-0.25, -0.2) is 4.98 Å². The van der Waals surface area contributed by atoms with Crippen molar-refractivity contribution >= 4 is 5.95 Å². The molecule has 1 aromatic heterocycles. The fourth-order valence-electron chi connectivity index (χ4n) is 2.00. The van der Waals surface area contributed by atoms with Crippen molar-refractivity contribution in [3.8, 4) is 28.5 Å². The second-order valence-electron chi connectivity index (χ2n) is 4.44. The number of rotatable bonds is 3. The third-order valence-electron chi connectivity index (χ3n) is 3.01. The van der Waals surface area contributed by atoms with Crippen molar-refractivity contribution in [3.05, 3.63) is 54.6 Å². The van der Waals surface area contributed by atoms with Gasteiger partial charge in [0.15, 0.2) is 11.6 Å². The Balaban J connectivity index is 2.09. The highest BCUT2D eigenvalue weighted by Crippen LogP contribution is 2.23. The molecule has 0 saturated carbocycles. The zero-order chi connectivity index (χ0) is 14.7. The smallest absolute Gasteiger partial charge is 0.224 e. The predicted molar refractivity (Wildman–Crippen MR) is 81.7 cm³/mol. The first-order valence-electron chi connectivity index (χ1n) is 6.47. The Morgan fingerprint density at radius 3 is 2.19 bits per heavy atom. The predicted octanol–water partition coefficient (Wildman–Crippen LogP) is 2.80. The van der Waals surface area contributed by atoms with Crippen LogP contribution in [0, 0.1) is 0 Å². The zero-order valence-corrected chi connectivity index (χ0v) is 11.5. The molecular formula is C16H14N4O. The SMILES string of the molecule is COc1cccc(-c2nc(N)nc(-c3ccccc3)n2)c1. The largest absolute Gasteiger partial charge is 0.497 e. The van der Waals surface area contributed by atoms with E-state index in [0.717, 1.165) is 16.9 Å². The van der Waals surface area contributed by atoms with E-state index in [0.29, 0.717) is 11.6 Å². The summed E-state index contributed by atoms with van der Waals surface area (Å²) in [6, 6.07) is 17.2. The molecule has 5 heteroatoms. The van der Waals surface area contributed by atoms with Gasteiger partial charge in [0, 0.05) is 11.1 Å². The minimum absolute atomic E-state index is 0.196. The van der Waals surface area contributed by atoms with Crippen molar-refractivity contribution in [1.82, 2.24) is 15.0 Å². The second kappa shape index (κ2) is 5.58. The highest BCUT2D eigenvalue weighted by molar-refractivity contribution is 5.63. The number of methoxy groups -OCH3 is 1. The molecular weight excluding hydrogens is 264 g/mol. The van der Waals surface area contributed by atoms with Crippen LogP contribution in [0.5, 0.6) is 5.75 Å². The van der Waals surface area contributed by atoms with Crippen molar-refractivity contribution in [1.29, 1.82) is 0 Å². The summed E-state index contributed by atoms with van der Waals surface area (Å²) in [5, 5.41) is 0. The standard InChI is InChI=1S/C16H14N4O/c1-21-13-9-5-8-12(10-13)15-18-14(19-16(17)20-15)11-6-3-2-4-7-11/h2-10H,1H3,(H2,17,18,19,20). The summed E-state index contributed by atoms with van der Waals surface area (Å²) in [6.45, 7) is 0. The van der Waals surface area contributed by atoms with E-state index >= 15 is 0 Å². The molecule has 0 aliphatic carbocycles. The molecule has 0 bridgehead atoms. The lowest BCUT2D eigenvalue weighted by Crippen LogP contribution is -2.02. The molecule has 0 amide bonds. The summed E-state index contributed by atoms with van der Waals surface area (Å²) >= 11 is 0. The van der Waals surface area contributed by atoms with Crippen LogP contribution in [0.1, 0.15) is 0 Å². The molecule has 0 spiro atoms. The molecule has 2 N–H and O–H groups in total. The van der Waals surface area contributed by atoms with E-state index in [9.17, 15) is 0 Å². The minimum Gasteiger partial charge on any atom is -0.497 e. The molecule has 21 heavy (non-hydrogen) atoms. The van der Waals surface area contributed by atoms with Gasteiger partial charge < -0.3 is 10.5 Å². The molecule has 5 nitrogen and oxygen atoms in total. The molecule has 3 rings (SSSR count). The molecule has 0 saturated heterocycles. The van der Waals surface area contributed by atoms with Gasteiger partial charge in [0.25, 0.3) is 0 Å². The summed E-state index contributed by atoms with van der Waals surface area (Å²) in [5.41, 5.74) is 7.54. The fourth-order valence-corrected chi connectivity index (χ4v) is 2.00. The number of ether oxygens (including phenoxy) is 1. The lowest BCUT2D eigenvalue weighted by Gasteiger charge is -2.06. The average Bonchev–Trinajstić information content (AvgIpc) is 2.55. The molecule has 0 atom stereocenters. The molecule has 0 radical (unpaired) electrons. The molecule has 1 heterocycles. The Morgan fingerprint density at radius 2 is 1.48 bits per heavy atom. The summed E-state index contributed by atoms with van der Waals surface area (Å²) in [6.07, 6.45) is 0. The molecule has 3 aromatic rings. The van der Waals surface area contributed by atoms with Gasteiger partial charge >= 0.3 is 0 Å². The number of hydrogen-bond acceptors (Lipinski definition) is 5. The van der Waals surface area contributed by atoms with Gasteiger partial charge in [-0.1, -0.05) is 42.5 Å². The van der Waals surface area contributed by atoms with Crippen molar-refractivity contribution < 1.29 is 4.74 Å². The maximum absolute atomic E-state index is 5.81. The number of hydrogen-bond donors (Lipinski definition) is 1. The Morgan fingerprint density at radius 1 is 0.810 bits per heavy atom. The van der Waals surface area contributed by atoms with Gasteiger partial charge in [0.1, 0.15) is 5.75 Å². The summed E-state index contributed by atoms with van der Waals surface area (Å²) in [7, 11) is 1.62. The van der Waals surface area contributed by atoms with E-state index in [-0.39, 0.29) is 5.95 Å². The maximum atomic E-state index is 5.81. The van der Waals surface area contributed by atoms with Gasteiger partial charge in [0.2, 0.25) is 5.95 Å². The lowest BCUT2D eigenvalue weighted by molar-refractivity contribution is 0.415. The Hall–Kier alpha value is -2.95. The number of benzene rings is 2. The van der Waals surface area contributed by atoms with E-state index in [2.05, 4.69) is 15.0 Å². The number of aromatic nitrogens is 3. The van der Waals surface area contributed by atoms with Crippen LogP contribution in [0.25, 0.3) is 22.8 Å². The Bertz CT molecular complexity index is 759. The molecule has 2 aromatic carbocycles. The minimum atomic E-state index is 0.196. The van der Waals surface area contributed by atoms with Crippen LogP contribution in [0.2, 0.25) is 0 Å². The number of nitrogens with two attached hydrogens (primary N) is 1. The van der Waals surface area contributed by atoms with Crippen LogP contribution in [-0.2, 0) is 0 Å². The van der Waals surface area contributed by atoms with Gasteiger partial charge in [0.05, 0.1) is 7.11 Å². The monoisotopic (exact) mass is 278 g/mol. The van der Waals surface area contributed by atoms with Crippen molar-refractivity contribution in [2.24, 2.45) is 0 Å².